The molecule has 118 valence electrons. The minimum absolute atomic E-state index is 0.216. The summed E-state index contributed by atoms with van der Waals surface area (Å²) < 4.78 is 6.25. The predicted molar refractivity (Wildman–Crippen MR) is 94.6 cm³/mol. The number of fused-ring (bicyclic) bond motifs is 1. The molecule has 0 aliphatic carbocycles. The number of unbranched alkanes of at least 4 members (excludes halogenated alkanes) is 1. The Bertz CT molecular complexity index is 819. The summed E-state index contributed by atoms with van der Waals surface area (Å²) in [5.74, 6) is 0.427. The van der Waals surface area contributed by atoms with Gasteiger partial charge >= 0.3 is 0 Å². The number of aryl methyl sites for hydroxylation is 1. The monoisotopic (exact) mass is 326 g/mol. The van der Waals surface area contributed by atoms with E-state index in [9.17, 15) is 4.79 Å². The summed E-state index contributed by atoms with van der Waals surface area (Å²) in [6.07, 6.45) is 8.10. The second-order valence-electron chi connectivity index (χ2n) is 5.26. The first-order chi connectivity index (χ1) is 11.2. The minimum atomic E-state index is -0.216. The molecule has 23 heavy (non-hydrogen) atoms. The van der Waals surface area contributed by atoms with E-state index in [2.05, 4.69) is 29.4 Å². The lowest BCUT2D eigenvalue weighted by Gasteiger charge is -1.98. The number of carbonyl (C=O) groups excluding carboxylic acids is 1. The SMILES string of the molecule is CCCCc1ccc2nc(NC(=O)/C=C/c3ccco3)sc2c1. The lowest BCUT2D eigenvalue weighted by Crippen LogP contribution is -2.07. The first-order valence-electron chi connectivity index (χ1n) is 7.66. The van der Waals surface area contributed by atoms with Crippen molar-refractivity contribution >= 4 is 38.7 Å². The highest BCUT2D eigenvalue weighted by molar-refractivity contribution is 7.22. The van der Waals surface area contributed by atoms with Gasteiger partial charge in [0.05, 0.1) is 16.5 Å². The Hall–Kier alpha value is -2.40. The zero-order valence-corrected chi connectivity index (χ0v) is 13.7. The molecule has 3 aromatic rings. The first kappa shape index (κ1) is 15.5. The number of hydrogen-bond donors (Lipinski definition) is 1. The van der Waals surface area contributed by atoms with Gasteiger partial charge in [0.1, 0.15) is 5.76 Å². The summed E-state index contributed by atoms with van der Waals surface area (Å²) in [6.45, 7) is 2.19. The molecule has 0 radical (unpaired) electrons. The molecule has 0 atom stereocenters. The molecular formula is C18H18N2O2S. The van der Waals surface area contributed by atoms with E-state index in [0.717, 1.165) is 16.6 Å². The predicted octanol–water partition coefficient (Wildman–Crippen LogP) is 4.88. The fourth-order valence-corrected chi connectivity index (χ4v) is 3.18. The van der Waals surface area contributed by atoms with Crippen LogP contribution < -0.4 is 5.32 Å². The van der Waals surface area contributed by atoms with Gasteiger partial charge in [-0.1, -0.05) is 30.7 Å². The highest BCUT2D eigenvalue weighted by Gasteiger charge is 2.07. The number of nitrogens with one attached hydrogen (secondary N) is 1. The van der Waals surface area contributed by atoms with Crippen molar-refractivity contribution in [1.82, 2.24) is 4.98 Å². The van der Waals surface area contributed by atoms with Crippen LogP contribution in [0.2, 0.25) is 0 Å². The van der Waals surface area contributed by atoms with Crippen LogP contribution in [0.15, 0.2) is 47.1 Å². The van der Waals surface area contributed by atoms with Gasteiger partial charge in [-0.15, -0.1) is 0 Å². The van der Waals surface area contributed by atoms with Gasteiger partial charge in [-0.2, -0.15) is 0 Å². The summed E-state index contributed by atoms with van der Waals surface area (Å²) in [6, 6.07) is 9.86. The fourth-order valence-electron chi connectivity index (χ4n) is 2.25. The molecule has 0 bridgehead atoms. The summed E-state index contributed by atoms with van der Waals surface area (Å²) in [5.41, 5.74) is 2.24. The van der Waals surface area contributed by atoms with Gasteiger partial charge in [-0.25, -0.2) is 4.98 Å². The van der Waals surface area contributed by atoms with E-state index >= 15 is 0 Å². The van der Waals surface area contributed by atoms with Crippen LogP contribution in [0.1, 0.15) is 31.1 Å². The molecule has 1 amide bonds. The maximum atomic E-state index is 11.9. The molecule has 4 nitrogen and oxygen atoms in total. The van der Waals surface area contributed by atoms with Crippen LogP contribution in [-0.4, -0.2) is 10.9 Å². The summed E-state index contributed by atoms with van der Waals surface area (Å²) in [5, 5.41) is 3.41. The quantitative estimate of drug-likeness (QED) is 0.657. The number of thiazole rings is 1. The van der Waals surface area contributed by atoms with Crippen molar-refractivity contribution in [3.63, 3.8) is 0 Å². The Labute approximate surface area is 138 Å². The number of rotatable bonds is 6. The van der Waals surface area contributed by atoms with E-state index < -0.39 is 0 Å². The maximum absolute atomic E-state index is 11.9. The molecule has 0 saturated heterocycles. The Morgan fingerprint density at radius 2 is 2.30 bits per heavy atom. The summed E-state index contributed by atoms with van der Waals surface area (Å²) in [7, 11) is 0. The Morgan fingerprint density at radius 1 is 1.39 bits per heavy atom. The molecule has 0 spiro atoms. The number of carbonyl (C=O) groups is 1. The van der Waals surface area contributed by atoms with Crippen molar-refractivity contribution < 1.29 is 9.21 Å². The Kier molecular flexibility index (Phi) is 4.88. The average molecular weight is 326 g/mol. The third kappa shape index (κ3) is 4.07. The number of benzene rings is 1. The topological polar surface area (TPSA) is 55.1 Å². The third-order valence-electron chi connectivity index (χ3n) is 3.44. The van der Waals surface area contributed by atoms with E-state index in [4.69, 9.17) is 4.42 Å². The zero-order chi connectivity index (χ0) is 16.1. The van der Waals surface area contributed by atoms with E-state index in [-0.39, 0.29) is 5.91 Å². The Balaban J connectivity index is 1.69. The van der Waals surface area contributed by atoms with Gasteiger partial charge in [0, 0.05) is 6.08 Å². The van der Waals surface area contributed by atoms with E-state index in [1.807, 2.05) is 6.07 Å². The maximum Gasteiger partial charge on any atom is 0.250 e. The van der Waals surface area contributed by atoms with Crippen molar-refractivity contribution in [1.29, 1.82) is 0 Å². The Morgan fingerprint density at radius 3 is 3.09 bits per heavy atom. The number of aromatic nitrogens is 1. The number of nitrogens with zero attached hydrogens (tertiary/aromatic N) is 1. The highest BCUT2D eigenvalue weighted by atomic mass is 32.1. The van der Waals surface area contributed by atoms with Crippen LogP contribution in [0.3, 0.4) is 0 Å². The second-order valence-corrected chi connectivity index (χ2v) is 6.29. The van der Waals surface area contributed by atoms with Crippen LogP contribution >= 0.6 is 11.3 Å². The van der Waals surface area contributed by atoms with Crippen LogP contribution in [0.5, 0.6) is 0 Å². The molecule has 5 heteroatoms. The molecule has 3 rings (SSSR count). The number of hydrogen-bond acceptors (Lipinski definition) is 4. The summed E-state index contributed by atoms with van der Waals surface area (Å²) >= 11 is 1.50. The number of amides is 1. The van der Waals surface area contributed by atoms with Crippen molar-refractivity contribution in [2.75, 3.05) is 5.32 Å². The van der Waals surface area contributed by atoms with E-state index in [1.54, 1.807) is 24.5 Å². The number of furan rings is 1. The van der Waals surface area contributed by atoms with Gasteiger partial charge < -0.3 is 4.42 Å². The molecule has 0 unspecified atom stereocenters. The molecule has 0 fully saturated rings. The number of anilines is 1. The molecule has 0 aliphatic rings. The standard InChI is InChI=1S/C18H18N2O2S/c1-2-3-5-13-7-9-15-16(12-13)23-18(19-15)20-17(21)10-8-14-6-4-11-22-14/h4,6-12H,2-3,5H2,1H3,(H,19,20,21)/b10-8+. The highest BCUT2D eigenvalue weighted by Crippen LogP contribution is 2.27. The lowest BCUT2D eigenvalue weighted by molar-refractivity contribution is -0.111. The van der Waals surface area contributed by atoms with Crippen LogP contribution in [0, 0.1) is 0 Å². The van der Waals surface area contributed by atoms with Crippen molar-refractivity contribution in [3.05, 3.63) is 54.0 Å². The zero-order valence-electron chi connectivity index (χ0n) is 12.9. The molecule has 0 saturated carbocycles. The van der Waals surface area contributed by atoms with E-state index in [0.29, 0.717) is 10.9 Å². The molecule has 1 aromatic carbocycles. The molecule has 2 heterocycles. The molecular weight excluding hydrogens is 308 g/mol. The van der Waals surface area contributed by atoms with Crippen molar-refractivity contribution in [2.45, 2.75) is 26.2 Å². The van der Waals surface area contributed by atoms with Gasteiger partial charge in [0.15, 0.2) is 5.13 Å². The normalized spacial score (nSPS) is 11.3. The van der Waals surface area contributed by atoms with Crippen LogP contribution in [0.4, 0.5) is 5.13 Å². The van der Waals surface area contributed by atoms with Gasteiger partial charge in [0.2, 0.25) is 5.91 Å². The van der Waals surface area contributed by atoms with E-state index in [1.165, 1.54) is 35.8 Å². The molecule has 1 N–H and O–H groups in total. The van der Waals surface area contributed by atoms with Crippen LogP contribution in [-0.2, 0) is 11.2 Å². The van der Waals surface area contributed by atoms with Gasteiger partial charge in [0.25, 0.3) is 0 Å². The first-order valence-corrected chi connectivity index (χ1v) is 8.48. The van der Waals surface area contributed by atoms with Crippen molar-refractivity contribution in [3.8, 4) is 0 Å². The van der Waals surface area contributed by atoms with Crippen molar-refractivity contribution in [2.24, 2.45) is 0 Å². The second kappa shape index (κ2) is 7.24. The molecule has 2 aromatic heterocycles. The average Bonchev–Trinajstić information content (AvgIpc) is 3.19. The van der Waals surface area contributed by atoms with Crippen LogP contribution in [0.25, 0.3) is 16.3 Å². The molecule has 0 aliphatic heterocycles. The third-order valence-corrected chi connectivity index (χ3v) is 4.38. The largest absolute Gasteiger partial charge is 0.465 e. The van der Waals surface area contributed by atoms with Gasteiger partial charge in [-0.3, -0.25) is 10.1 Å². The van der Waals surface area contributed by atoms with Gasteiger partial charge in [-0.05, 0) is 48.7 Å². The lowest BCUT2D eigenvalue weighted by atomic mass is 10.1. The fraction of sp³-hybridized carbons (Fsp3) is 0.222. The minimum Gasteiger partial charge on any atom is -0.465 e. The summed E-state index contributed by atoms with van der Waals surface area (Å²) in [4.78, 5) is 16.4. The smallest absolute Gasteiger partial charge is 0.250 e.